The van der Waals surface area contributed by atoms with Gasteiger partial charge in [-0.3, -0.25) is 0 Å². The van der Waals surface area contributed by atoms with Crippen molar-refractivity contribution in [2.24, 2.45) is 0 Å². The molecule has 0 radical (unpaired) electrons. The Balaban J connectivity index is 1.23. The van der Waals surface area contributed by atoms with Crippen molar-refractivity contribution in [2.45, 2.75) is 5.54 Å². The third kappa shape index (κ3) is 7.02. The number of rotatable bonds is 10. The molecule has 0 aliphatic rings. The second kappa shape index (κ2) is 15.8. The standard InChI is InChI=1S/C52H35NO6/c54-49(36-14-4-1-5-15-36)57-42-30-24-39(25-31-42)52(53-47-22-12-10-20-45(47)46-21-11-13-23-48(46)53,40-26-32-43(33-27-40)58-50(55)37-16-6-2-7-17-37)41-28-34-44(35-29-41)59-51(56)38-18-8-3-9-19-38/h1-35H. The lowest BCUT2D eigenvalue weighted by molar-refractivity contribution is 0.0725. The Hall–Kier alpha value is -8.03. The summed E-state index contributed by atoms with van der Waals surface area (Å²) in [7, 11) is 0. The van der Waals surface area contributed by atoms with Crippen LogP contribution in [0.2, 0.25) is 0 Å². The highest BCUT2D eigenvalue weighted by atomic mass is 16.5. The van der Waals surface area contributed by atoms with Gasteiger partial charge in [0.25, 0.3) is 0 Å². The van der Waals surface area contributed by atoms with Crippen molar-refractivity contribution in [3.8, 4) is 17.2 Å². The van der Waals surface area contributed by atoms with Gasteiger partial charge in [-0.2, -0.15) is 0 Å². The van der Waals surface area contributed by atoms with Crippen molar-refractivity contribution in [1.29, 1.82) is 0 Å². The van der Waals surface area contributed by atoms with Gasteiger partial charge in [0.2, 0.25) is 0 Å². The molecule has 0 saturated carbocycles. The third-order valence-corrected chi connectivity index (χ3v) is 10.4. The highest BCUT2D eigenvalue weighted by molar-refractivity contribution is 6.08. The molecular weight excluding hydrogens is 735 g/mol. The first-order valence-electron chi connectivity index (χ1n) is 19.1. The number of fused-ring (bicyclic) bond motifs is 3. The van der Waals surface area contributed by atoms with Gasteiger partial charge in [0.1, 0.15) is 22.8 Å². The summed E-state index contributed by atoms with van der Waals surface area (Å²) in [6.45, 7) is 0. The lowest BCUT2D eigenvalue weighted by Gasteiger charge is -2.39. The number of nitrogens with zero attached hydrogens (tertiary/aromatic N) is 1. The van der Waals surface area contributed by atoms with Crippen LogP contribution in [0.3, 0.4) is 0 Å². The maximum Gasteiger partial charge on any atom is 0.343 e. The Kier molecular flexibility index (Phi) is 9.83. The summed E-state index contributed by atoms with van der Waals surface area (Å²) < 4.78 is 19.9. The minimum Gasteiger partial charge on any atom is -0.423 e. The predicted octanol–water partition coefficient (Wildman–Crippen LogP) is 11.3. The van der Waals surface area contributed by atoms with Gasteiger partial charge in [-0.15, -0.1) is 0 Å². The smallest absolute Gasteiger partial charge is 0.343 e. The number of benzene rings is 8. The van der Waals surface area contributed by atoms with Crippen LogP contribution in [0.5, 0.6) is 17.2 Å². The van der Waals surface area contributed by atoms with Gasteiger partial charge < -0.3 is 18.8 Å². The van der Waals surface area contributed by atoms with E-state index in [9.17, 15) is 14.4 Å². The number of aromatic nitrogens is 1. The van der Waals surface area contributed by atoms with Crippen LogP contribution in [0.25, 0.3) is 21.8 Å². The predicted molar refractivity (Wildman–Crippen MR) is 228 cm³/mol. The van der Waals surface area contributed by atoms with Crippen molar-refractivity contribution in [3.63, 3.8) is 0 Å². The summed E-state index contributed by atoms with van der Waals surface area (Å²) in [6.07, 6.45) is 0. The molecule has 0 aliphatic heterocycles. The highest BCUT2D eigenvalue weighted by Gasteiger charge is 2.41. The zero-order valence-corrected chi connectivity index (χ0v) is 31.6. The fraction of sp³-hybridized carbons (Fsp3) is 0.0192. The molecule has 0 unspecified atom stereocenters. The molecule has 7 heteroatoms. The lowest BCUT2D eigenvalue weighted by Crippen LogP contribution is -2.37. The van der Waals surface area contributed by atoms with E-state index in [0.29, 0.717) is 33.9 Å². The third-order valence-electron chi connectivity index (χ3n) is 10.4. The Bertz CT molecular complexity index is 2640. The van der Waals surface area contributed by atoms with Crippen molar-refractivity contribution in [2.75, 3.05) is 0 Å². The molecule has 0 saturated heterocycles. The first-order chi connectivity index (χ1) is 29.0. The van der Waals surface area contributed by atoms with E-state index in [1.165, 1.54) is 0 Å². The zero-order valence-electron chi connectivity index (χ0n) is 31.6. The van der Waals surface area contributed by atoms with E-state index in [1.54, 1.807) is 109 Å². The Labute approximate surface area is 340 Å². The number of hydrogen-bond donors (Lipinski definition) is 0. The number of ether oxygens (including phenoxy) is 3. The molecule has 0 atom stereocenters. The van der Waals surface area contributed by atoms with Gasteiger partial charge in [0.05, 0.1) is 27.7 Å². The fourth-order valence-corrected chi connectivity index (χ4v) is 7.68. The molecule has 1 heterocycles. The van der Waals surface area contributed by atoms with Gasteiger partial charge in [-0.1, -0.05) is 127 Å². The minimum atomic E-state index is -1.10. The molecule has 8 aromatic carbocycles. The SMILES string of the molecule is O=C(Oc1ccc(C(c2ccc(OC(=O)c3ccccc3)cc2)(c2ccc(OC(=O)c3ccccc3)cc2)n2c3ccccc3c3ccccc32)cc1)c1ccccc1. The van der Waals surface area contributed by atoms with Gasteiger partial charge >= 0.3 is 17.9 Å². The second-order valence-corrected chi connectivity index (χ2v) is 13.9. The molecule has 0 amide bonds. The minimum absolute atomic E-state index is 0.380. The molecular formula is C52H35NO6. The molecule has 9 rings (SSSR count). The van der Waals surface area contributed by atoms with E-state index < -0.39 is 23.4 Å². The van der Waals surface area contributed by atoms with E-state index in [2.05, 4.69) is 28.8 Å². The van der Waals surface area contributed by atoms with Crippen LogP contribution < -0.4 is 14.2 Å². The van der Waals surface area contributed by atoms with Gasteiger partial charge in [-0.25, -0.2) is 14.4 Å². The van der Waals surface area contributed by atoms with Crippen LogP contribution in [0, 0.1) is 0 Å². The van der Waals surface area contributed by atoms with E-state index in [-0.39, 0.29) is 0 Å². The molecule has 1 aromatic heterocycles. The maximum absolute atomic E-state index is 13.1. The Morgan fingerprint density at radius 2 is 0.593 bits per heavy atom. The quantitative estimate of drug-likeness (QED) is 0.0782. The Morgan fingerprint density at radius 3 is 0.898 bits per heavy atom. The number of para-hydroxylation sites is 2. The topological polar surface area (TPSA) is 83.8 Å². The Morgan fingerprint density at radius 1 is 0.322 bits per heavy atom. The maximum atomic E-state index is 13.1. The van der Waals surface area contributed by atoms with Crippen LogP contribution in [0.15, 0.2) is 212 Å². The van der Waals surface area contributed by atoms with Gasteiger partial charge in [0.15, 0.2) is 0 Å². The van der Waals surface area contributed by atoms with Crippen LogP contribution in [-0.2, 0) is 5.54 Å². The summed E-state index contributed by atoms with van der Waals surface area (Å²) >= 11 is 0. The lowest BCUT2D eigenvalue weighted by atomic mass is 9.76. The van der Waals surface area contributed by atoms with Gasteiger partial charge in [0, 0.05) is 10.8 Å². The average molecular weight is 770 g/mol. The molecule has 284 valence electrons. The van der Waals surface area contributed by atoms with E-state index >= 15 is 0 Å². The number of hydrogen-bond acceptors (Lipinski definition) is 6. The van der Waals surface area contributed by atoms with E-state index in [1.807, 2.05) is 78.9 Å². The molecule has 0 fully saturated rings. The normalized spacial score (nSPS) is 11.3. The summed E-state index contributed by atoms with van der Waals surface area (Å²) in [5.41, 5.74) is 4.67. The molecule has 7 nitrogen and oxygen atoms in total. The number of carbonyl (C=O) groups is 3. The van der Waals surface area contributed by atoms with Crippen molar-refractivity contribution in [3.05, 3.63) is 246 Å². The summed E-state index contributed by atoms with van der Waals surface area (Å²) in [6, 6.07) is 65.7. The average Bonchev–Trinajstić information content (AvgIpc) is 3.63. The first kappa shape index (κ1) is 36.6. The summed E-state index contributed by atoms with van der Waals surface area (Å²) in [5, 5.41) is 2.12. The van der Waals surface area contributed by atoms with Crippen LogP contribution in [0.4, 0.5) is 0 Å². The first-order valence-corrected chi connectivity index (χ1v) is 19.1. The van der Waals surface area contributed by atoms with E-state index in [4.69, 9.17) is 14.2 Å². The monoisotopic (exact) mass is 769 g/mol. The van der Waals surface area contributed by atoms with E-state index in [0.717, 1.165) is 38.5 Å². The summed E-state index contributed by atoms with van der Waals surface area (Å²) in [4.78, 5) is 39.4. The van der Waals surface area contributed by atoms with Crippen molar-refractivity contribution < 1.29 is 28.6 Å². The molecule has 0 aliphatic carbocycles. The van der Waals surface area contributed by atoms with Crippen LogP contribution in [0.1, 0.15) is 47.8 Å². The summed E-state index contributed by atoms with van der Waals surface area (Å²) in [5.74, 6) is -0.255. The highest BCUT2D eigenvalue weighted by Crippen LogP contribution is 2.47. The molecule has 0 N–H and O–H groups in total. The van der Waals surface area contributed by atoms with Crippen LogP contribution >= 0.6 is 0 Å². The number of carbonyl (C=O) groups excluding carboxylic acids is 3. The fourth-order valence-electron chi connectivity index (χ4n) is 7.68. The van der Waals surface area contributed by atoms with Crippen LogP contribution in [-0.4, -0.2) is 22.5 Å². The molecule has 9 aromatic rings. The largest absolute Gasteiger partial charge is 0.423 e. The number of esters is 3. The molecule has 59 heavy (non-hydrogen) atoms. The zero-order chi connectivity index (χ0) is 40.2. The second-order valence-electron chi connectivity index (χ2n) is 13.9. The van der Waals surface area contributed by atoms with Crippen molar-refractivity contribution >= 4 is 39.7 Å². The molecule has 0 spiro atoms. The molecule has 0 bridgehead atoms. The van der Waals surface area contributed by atoms with Crippen molar-refractivity contribution in [1.82, 2.24) is 4.57 Å². The van der Waals surface area contributed by atoms with Gasteiger partial charge in [-0.05, 0) is 102 Å².